The third-order valence-corrected chi connectivity index (χ3v) is 2.53. The number of nitrogens with zero attached hydrogens (tertiary/aromatic N) is 1. The molecule has 1 aromatic rings. The van der Waals surface area contributed by atoms with Gasteiger partial charge in [-0.05, 0) is 31.2 Å². The SMILES string of the molecule is CC1CCOC(=O)N1c1ccc(O)cc1. The van der Waals surface area contributed by atoms with Crippen molar-refractivity contribution < 1.29 is 14.6 Å². The van der Waals surface area contributed by atoms with E-state index in [2.05, 4.69) is 0 Å². The molecule has 0 aromatic heterocycles. The summed E-state index contributed by atoms with van der Waals surface area (Å²) >= 11 is 0. The molecule has 4 nitrogen and oxygen atoms in total. The maximum absolute atomic E-state index is 11.5. The molecule has 0 aliphatic carbocycles. The minimum absolute atomic E-state index is 0.135. The number of hydrogen-bond donors (Lipinski definition) is 1. The van der Waals surface area contributed by atoms with E-state index in [4.69, 9.17) is 9.84 Å². The molecule has 1 atom stereocenters. The number of phenols is 1. The van der Waals surface area contributed by atoms with Crippen LogP contribution >= 0.6 is 0 Å². The van der Waals surface area contributed by atoms with E-state index in [0.29, 0.717) is 6.61 Å². The molecule has 1 heterocycles. The standard InChI is InChI=1S/C11H13NO3/c1-8-6-7-15-11(14)12(8)9-2-4-10(13)5-3-9/h2-5,8,13H,6-7H2,1H3. The Labute approximate surface area is 88.1 Å². The fourth-order valence-electron chi connectivity index (χ4n) is 1.67. The lowest BCUT2D eigenvalue weighted by Gasteiger charge is -2.32. The van der Waals surface area contributed by atoms with E-state index in [0.717, 1.165) is 12.1 Å². The summed E-state index contributed by atoms with van der Waals surface area (Å²) < 4.78 is 4.97. The second-order valence-electron chi connectivity index (χ2n) is 3.64. The van der Waals surface area contributed by atoms with Gasteiger partial charge in [-0.2, -0.15) is 0 Å². The number of aromatic hydroxyl groups is 1. The number of ether oxygens (including phenoxy) is 1. The number of rotatable bonds is 1. The van der Waals surface area contributed by atoms with Crippen LogP contribution in [0.3, 0.4) is 0 Å². The van der Waals surface area contributed by atoms with Gasteiger partial charge in [-0.3, -0.25) is 4.90 Å². The van der Waals surface area contributed by atoms with Crippen molar-refractivity contribution in [1.29, 1.82) is 0 Å². The lowest BCUT2D eigenvalue weighted by molar-refractivity contribution is 0.131. The summed E-state index contributed by atoms with van der Waals surface area (Å²) in [5.74, 6) is 0.191. The largest absolute Gasteiger partial charge is 0.508 e. The molecule has 2 rings (SSSR count). The van der Waals surface area contributed by atoms with Crippen LogP contribution in [0.1, 0.15) is 13.3 Å². The van der Waals surface area contributed by atoms with Gasteiger partial charge in [0.2, 0.25) is 0 Å². The van der Waals surface area contributed by atoms with Crippen LogP contribution < -0.4 is 4.90 Å². The number of amides is 1. The predicted octanol–water partition coefficient (Wildman–Crippen LogP) is 2.13. The first-order valence-corrected chi connectivity index (χ1v) is 4.93. The maximum atomic E-state index is 11.5. The number of phenolic OH excluding ortho intramolecular Hbond substituents is 1. The molecule has 4 heteroatoms. The first-order valence-electron chi connectivity index (χ1n) is 4.93. The lowest BCUT2D eigenvalue weighted by Crippen LogP contribution is -2.44. The molecule has 1 aliphatic heterocycles. The molecule has 1 N–H and O–H groups in total. The fraction of sp³-hybridized carbons (Fsp3) is 0.364. The monoisotopic (exact) mass is 207 g/mol. The van der Waals surface area contributed by atoms with E-state index < -0.39 is 0 Å². The number of cyclic esters (lactones) is 1. The number of hydrogen-bond acceptors (Lipinski definition) is 3. The zero-order chi connectivity index (χ0) is 10.8. The van der Waals surface area contributed by atoms with Gasteiger partial charge < -0.3 is 9.84 Å². The van der Waals surface area contributed by atoms with Gasteiger partial charge in [0.15, 0.2) is 0 Å². The molecule has 1 amide bonds. The van der Waals surface area contributed by atoms with Crippen LogP contribution in [0.15, 0.2) is 24.3 Å². The molecule has 80 valence electrons. The summed E-state index contributed by atoms with van der Waals surface area (Å²) in [7, 11) is 0. The topological polar surface area (TPSA) is 49.8 Å². The van der Waals surface area contributed by atoms with Gasteiger partial charge in [0.1, 0.15) is 5.75 Å². The van der Waals surface area contributed by atoms with Crippen molar-refractivity contribution in [3.63, 3.8) is 0 Å². The molecule has 1 unspecified atom stereocenters. The highest BCUT2D eigenvalue weighted by Gasteiger charge is 2.27. The summed E-state index contributed by atoms with van der Waals surface area (Å²) in [4.78, 5) is 13.1. The van der Waals surface area contributed by atoms with E-state index in [9.17, 15) is 4.79 Å². The molecule has 0 saturated carbocycles. The van der Waals surface area contributed by atoms with Crippen LogP contribution in [-0.2, 0) is 4.74 Å². The van der Waals surface area contributed by atoms with E-state index >= 15 is 0 Å². The Hall–Kier alpha value is -1.71. The number of benzene rings is 1. The molecule has 1 fully saturated rings. The Bertz CT molecular complexity index is 361. The van der Waals surface area contributed by atoms with Gasteiger partial charge in [0.05, 0.1) is 6.61 Å². The van der Waals surface area contributed by atoms with Crippen LogP contribution in [0.25, 0.3) is 0 Å². The number of anilines is 1. The Morgan fingerprint density at radius 3 is 2.67 bits per heavy atom. The maximum Gasteiger partial charge on any atom is 0.414 e. The Kier molecular flexibility index (Phi) is 2.49. The zero-order valence-corrected chi connectivity index (χ0v) is 8.51. The predicted molar refractivity (Wildman–Crippen MR) is 56.0 cm³/mol. The average Bonchev–Trinajstić information content (AvgIpc) is 2.20. The molecular weight excluding hydrogens is 194 g/mol. The third kappa shape index (κ3) is 1.88. The molecular formula is C11H13NO3. The number of carbonyl (C=O) groups excluding carboxylic acids is 1. The van der Waals surface area contributed by atoms with Crippen molar-refractivity contribution in [1.82, 2.24) is 0 Å². The van der Waals surface area contributed by atoms with Gasteiger partial charge in [-0.1, -0.05) is 0 Å². The summed E-state index contributed by atoms with van der Waals surface area (Å²) in [6.45, 7) is 2.46. The minimum Gasteiger partial charge on any atom is -0.508 e. The minimum atomic E-state index is -0.320. The lowest BCUT2D eigenvalue weighted by atomic mass is 10.1. The van der Waals surface area contributed by atoms with Gasteiger partial charge in [0.25, 0.3) is 0 Å². The van der Waals surface area contributed by atoms with Gasteiger partial charge in [0, 0.05) is 18.2 Å². The van der Waals surface area contributed by atoms with Gasteiger partial charge in [-0.15, -0.1) is 0 Å². The molecule has 1 saturated heterocycles. The molecule has 0 spiro atoms. The Morgan fingerprint density at radius 2 is 2.07 bits per heavy atom. The normalized spacial score (nSPS) is 21.3. The second-order valence-corrected chi connectivity index (χ2v) is 3.64. The average molecular weight is 207 g/mol. The van der Waals surface area contributed by atoms with E-state index in [1.165, 1.54) is 0 Å². The summed E-state index contributed by atoms with van der Waals surface area (Å²) in [5, 5.41) is 9.15. The molecule has 0 bridgehead atoms. The quantitative estimate of drug-likeness (QED) is 0.767. The van der Waals surface area contributed by atoms with Crippen LogP contribution in [0.4, 0.5) is 10.5 Å². The molecule has 1 aromatic carbocycles. The van der Waals surface area contributed by atoms with Gasteiger partial charge in [-0.25, -0.2) is 4.79 Å². The summed E-state index contributed by atoms with van der Waals surface area (Å²) in [5.41, 5.74) is 0.755. The van der Waals surface area contributed by atoms with Crippen molar-refractivity contribution in [2.75, 3.05) is 11.5 Å². The van der Waals surface area contributed by atoms with E-state index in [1.807, 2.05) is 6.92 Å². The van der Waals surface area contributed by atoms with Crippen molar-refractivity contribution in [2.45, 2.75) is 19.4 Å². The second kappa shape index (κ2) is 3.81. The highest BCUT2D eigenvalue weighted by Crippen LogP contribution is 2.24. The summed E-state index contributed by atoms with van der Waals surface area (Å²) in [6.07, 6.45) is 0.506. The van der Waals surface area contributed by atoms with Crippen LogP contribution in [0.5, 0.6) is 5.75 Å². The first-order chi connectivity index (χ1) is 7.18. The van der Waals surface area contributed by atoms with Crippen molar-refractivity contribution in [2.24, 2.45) is 0 Å². The van der Waals surface area contributed by atoms with Crippen LogP contribution in [-0.4, -0.2) is 23.8 Å². The molecule has 1 aliphatic rings. The Balaban J connectivity index is 2.27. The highest BCUT2D eigenvalue weighted by molar-refractivity contribution is 5.88. The first kappa shape index (κ1) is 9.83. The third-order valence-electron chi connectivity index (χ3n) is 2.53. The number of carbonyl (C=O) groups is 1. The van der Waals surface area contributed by atoms with Crippen molar-refractivity contribution in [3.8, 4) is 5.75 Å². The highest BCUT2D eigenvalue weighted by atomic mass is 16.6. The fourth-order valence-corrected chi connectivity index (χ4v) is 1.67. The molecule has 15 heavy (non-hydrogen) atoms. The Morgan fingerprint density at radius 1 is 1.40 bits per heavy atom. The smallest absolute Gasteiger partial charge is 0.414 e. The summed E-state index contributed by atoms with van der Waals surface area (Å²) in [6, 6.07) is 6.67. The molecule has 0 radical (unpaired) electrons. The van der Waals surface area contributed by atoms with Crippen LogP contribution in [0, 0.1) is 0 Å². The van der Waals surface area contributed by atoms with Crippen molar-refractivity contribution in [3.05, 3.63) is 24.3 Å². The van der Waals surface area contributed by atoms with E-state index in [-0.39, 0.29) is 17.9 Å². The van der Waals surface area contributed by atoms with Gasteiger partial charge >= 0.3 is 6.09 Å². The van der Waals surface area contributed by atoms with Crippen molar-refractivity contribution >= 4 is 11.8 Å². The van der Waals surface area contributed by atoms with Crippen LogP contribution in [0.2, 0.25) is 0 Å². The zero-order valence-electron chi connectivity index (χ0n) is 8.51. The van der Waals surface area contributed by atoms with E-state index in [1.54, 1.807) is 29.2 Å².